The Morgan fingerprint density at radius 1 is 1.29 bits per heavy atom. The minimum Gasteiger partial charge on any atom is -0.445 e. The van der Waals surface area contributed by atoms with Crippen LogP contribution in [0.2, 0.25) is 0 Å². The first-order valence-corrected chi connectivity index (χ1v) is 5.10. The van der Waals surface area contributed by atoms with E-state index in [4.69, 9.17) is 0 Å². The summed E-state index contributed by atoms with van der Waals surface area (Å²) in [6.07, 6.45) is 2.88. The molecular weight excluding hydrogens is 188 g/mol. The third-order valence-corrected chi connectivity index (χ3v) is 3.09. The van der Waals surface area contributed by atoms with Gasteiger partial charge < -0.3 is 12.9 Å². The minimum atomic E-state index is -4.73. The van der Waals surface area contributed by atoms with Crippen molar-refractivity contribution >= 4 is 6.98 Å². The van der Waals surface area contributed by atoms with E-state index >= 15 is 0 Å². The van der Waals surface area contributed by atoms with Crippen LogP contribution in [0.5, 0.6) is 0 Å². The highest BCUT2D eigenvalue weighted by Gasteiger charge is 2.33. The molecule has 0 nitrogen and oxygen atoms in total. The summed E-state index contributed by atoms with van der Waals surface area (Å²) >= 11 is 0. The van der Waals surface area contributed by atoms with Gasteiger partial charge in [-0.2, -0.15) is 0 Å². The zero-order chi connectivity index (χ0) is 11.0. The van der Waals surface area contributed by atoms with Crippen molar-refractivity contribution in [2.24, 2.45) is 11.3 Å². The second-order valence-corrected chi connectivity index (χ2v) is 5.19. The van der Waals surface area contributed by atoms with Crippen LogP contribution in [0.1, 0.15) is 40.0 Å². The standard InChI is InChI=1S/C10H17BF3/c1-10(2,3)8-4-6-9(7-5-8)11(12,13)14/h6,8H,4-5,7H2,1-3H3/q-1. The average molecular weight is 205 g/mol. The zero-order valence-electron chi connectivity index (χ0n) is 8.99. The lowest BCUT2D eigenvalue weighted by molar-refractivity contribution is 0.220. The molecule has 0 aromatic rings. The van der Waals surface area contributed by atoms with Crippen molar-refractivity contribution in [1.82, 2.24) is 0 Å². The lowest BCUT2D eigenvalue weighted by atomic mass is 9.66. The number of hydrogen-bond donors (Lipinski definition) is 0. The van der Waals surface area contributed by atoms with Crippen LogP contribution in [-0.4, -0.2) is 6.98 Å². The Morgan fingerprint density at radius 3 is 2.14 bits per heavy atom. The fourth-order valence-electron chi connectivity index (χ4n) is 1.94. The van der Waals surface area contributed by atoms with E-state index in [0.717, 1.165) is 0 Å². The van der Waals surface area contributed by atoms with Gasteiger partial charge in [-0.25, -0.2) is 0 Å². The molecule has 1 rings (SSSR count). The van der Waals surface area contributed by atoms with Crippen LogP contribution in [0, 0.1) is 11.3 Å². The fourth-order valence-corrected chi connectivity index (χ4v) is 1.94. The van der Waals surface area contributed by atoms with E-state index in [2.05, 4.69) is 20.8 Å². The number of rotatable bonds is 1. The van der Waals surface area contributed by atoms with Gasteiger partial charge in [-0.05, 0) is 24.2 Å². The molecule has 0 amide bonds. The summed E-state index contributed by atoms with van der Waals surface area (Å²) in [5, 5.41) is 0. The Kier molecular flexibility index (Phi) is 3.03. The van der Waals surface area contributed by atoms with Crippen LogP contribution in [0.3, 0.4) is 0 Å². The van der Waals surface area contributed by atoms with Gasteiger partial charge in [-0.1, -0.05) is 27.2 Å². The molecule has 0 heterocycles. The predicted octanol–water partition coefficient (Wildman–Crippen LogP) is 4.15. The Balaban J connectivity index is 2.65. The SMILES string of the molecule is CC(C)(C)C1CC=C([B-](F)(F)F)CC1. The van der Waals surface area contributed by atoms with Crippen molar-refractivity contribution < 1.29 is 12.9 Å². The van der Waals surface area contributed by atoms with Crippen molar-refractivity contribution in [2.45, 2.75) is 40.0 Å². The quantitative estimate of drug-likeness (QED) is 0.564. The maximum Gasteiger partial charge on any atom is 0.505 e. The van der Waals surface area contributed by atoms with E-state index in [1.807, 2.05) is 0 Å². The topological polar surface area (TPSA) is 0 Å². The monoisotopic (exact) mass is 205 g/mol. The molecule has 0 spiro atoms. The second kappa shape index (κ2) is 3.63. The fraction of sp³-hybridized carbons (Fsp3) is 0.800. The normalized spacial score (nSPS) is 24.7. The Bertz CT molecular complexity index is 235. The molecule has 0 saturated carbocycles. The number of halogens is 3. The number of allylic oxidation sites excluding steroid dienone is 2. The molecule has 14 heavy (non-hydrogen) atoms. The molecule has 0 N–H and O–H groups in total. The summed E-state index contributed by atoms with van der Waals surface area (Å²) in [6.45, 7) is 1.55. The van der Waals surface area contributed by atoms with Crippen molar-refractivity contribution in [3.8, 4) is 0 Å². The molecule has 1 aliphatic carbocycles. The van der Waals surface area contributed by atoms with E-state index in [9.17, 15) is 12.9 Å². The van der Waals surface area contributed by atoms with Gasteiger partial charge in [-0.3, -0.25) is 0 Å². The van der Waals surface area contributed by atoms with Crippen LogP contribution < -0.4 is 0 Å². The molecule has 0 aliphatic heterocycles. The van der Waals surface area contributed by atoms with Crippen LogP contribution in [-0.2, 0) is 0 Å². The highest BCUT2D eigenvalue weighted by molar-refractivity contribution is 6.66. The van der Waals surface area contributed by atoms with Gasteiger partial charge in [0.2, 0.25) is 0 Å². The van der Waals surface area contributed by atoms with Gasteiger partial charge in [0.25, 0.3) is 0 Å². The van der Waals surface area contributed by atoms with Gasteiger partial charge in [0, 0.05) is 0 Å². The van der Waals surface area contributed by atoms with Crippen molar-refractivity contribution in [2.75, 3.05) is 0 Å². The lowest BCUT2D eigenvalue weighted by Crippen LogP contribution is -2.27. The Morgan fingerprint density at radius 2 is 1.86 bits per heavy atom. The Labute approximate surface area is 83.6 Å². The van der Waals surface area contributed by atoms with Crippen molar-refractivity contribution in [3.05, 3.63) is 11.5 Å². The second-order valence-electron chi connectivity index (χ2n) is 5.19. The van der Waals surface area contributed by atoms with E-state index in [0.29, 0.717) is 18.8 Å². The third kappa shape index (κ3) is 2.79. The molecule has 0 saturated heterocycles. The summed E-state index contributed by atoms with van der Waals surface area (Å²) < 4.78 is 37.1. The van der Waals surface area contributed by atoms with Crippen LogP contribution in [0.25, 0.3) is 0 Å². The predicted molar refractivity (Wildman–Crippen MR) is 54.0 cm³/mol. The molecule has 1 aliphatic rings. The molecule has 1 unspecified atom stereocenters. The smallest absolute Gasteiger partial charge is 0.445 e. The van der Waals surface area contributed by atoms with E-state index in [-0.39, 0.29) is 17.3 Å². The summed E-state index contributed by atoms with van der Waals surface area (Å²) in [5.74, 6) is 0.393. The lowest BCUT2D eigenvalue weighted by Gasteiger charge is -2.35. The first-order valence-electron chi connectivity index (χ1n) is 5.10. The highest BCUT2D eigenvalue weighted by Crippen LogP contribution is 2.39. The van der Waals surface area contributed by atoms with Crippen molar-refractivity contribution in [1.29, 1.82) is 0 Å². The zero-order valence-corrected chi connectivity index (χ0v) is 8.99. The molecular formula is C10H17BF3-. The summed E-state index contributed by atoms with van der Waals surface area (Å²) in [7, 11) is 0. The molecule has 1 atom stereocenters. The van der Waals surface area contributed by atoms with Gasteiger partial charge in [0.05, 0.1) is 0 Å². The summed E-state index contributed by atoms with van der Waals surface area (Å²) in [6, 6.07) is 0. The molecule has 0 fully saturated rings. The van der Waals surface area contributed by atoms with E-state index < -0.39 is 6.98 Å². The van der Waals surface area contributed by atoms with Crippen molar-refractivity contribution in [3.63, 3.8) is 0 Å². The molecule has 0 aromatic heterocycles. The third-order valence-electron chi connectivity index (χ3n) is 3.09. The highest BCUT2D eigenvalue weighted by atomic mass is 19.4. The van der Waals surface area contributed by atoms with Gasteiger partial charge in [0.1, 0.15) is 0 Å². The first-order chi connectivity index (χ1) is 6.21. The van der Waals surface area contributed by atoms with Crippen LogP contribution in [0.4, 0.5) is 12.9 Å². The number of hydrogen-bond acceptors (Lipinski definition) is 0. The first kappa shape index (κ1) is 11.7. The van der Waals surface area contributed by atoms with Crippen LogP contribution in [0.15, 0.2) is 11.5 Å². The summed E-state index contributed by atoms with van der Waals surface area (Å²) in [4.78, 5) is 0. The molecule has 0 bridgehead atoms. The minimum absolute atomic E-state index is 0.126. The van der Waals surface area contributed by atoms with Crippen LogP contribution >= 0.6 is 0 Å². The molecule has 82 valence electrons. The summed E-state index contributed by atoms with van der Waals surface area (Å²) in [5.41, 5.74) is -0.147. The van der Waals surface area contributed by atoms with E-state index in [1.54, 1.807) is 0 Å². The average Bonchev–Trinajstić information content (AvgIpc) is 2.01. The molecule has 0 radical (unpaired) electrons. The molecule has 0 aromatic carbocycles. The van der Waals surface area contributed by atoms with Gasteiger partial charge in [0.15, 0.2) is 0 Å². The molecule has 4 heteroatoms. The van der Waals surface area contributed by atoms with E-state index in [1.165, 1.54) is 6.08 Å². The van der Waals surface area contributed by atoms with Gasteiger partial charge in [-0.15, -0.1) is 11.5 Å². The largest absolute Gasteiger partial charge is 0.505 e. The maximum absolute atomic E-state index is 12.4. The Hall–Kier alpha value is -0.405. The van der Waals surface area contributed by atoms with Gasteiger partial charge >= 0.3 is 6.98 Å². The maximum atomic E-state index is 12.4.